The molecule has 20 heavy (non-hydrogen) atoms. The van der Waals surface area contributed by atoms with E-state index in [1.165, 1.54) is 0 Å². The van der Waals surface area contributed by atoms with Gasteiger partial charge in [-0.2, -0.15) is 0 Å². The summed E-state index contributed by atoms with van der Waals surface area (Å²) in [5.74, 6) is 1.60. The maximum absolute atomic E-state index is 5.99. The van der Waals surface area contributed by atoms with Crippen LogP contribution < -0.4 is 15.4 Å². The van der Waals surface area contributed by atoms with E-state index in [9.17, 15) is 0 Å². The number of halogens is 1. The molecule has 2 N–H and O–H groups in total. The van der Waals surface area contributed by atoms with Crippen molar-refractivity contribution in [1.82, 2.24) is 10.6 Å². The molecule has 0 radical (unpaired) electrons. The van der Waals surface area contributed by atoms with Crippen molar-refractivity contribution in [3.05, 3.63) is 28.8 Å². The van der Waals surface area contributed by atoms with Crippen molar-refractivity contribution in [2.24, 2.45) is 4.99 Å². The fraction of sp³-hybridized carbons (Fsp3) is 0.533. The molecule has 0 bridgehead atoms. The summed E-state index contributed by atoms with van der Waals surface area (Å²) in [6.45, 7) is 10.2. The first-order valence-corrected chi connectivity index (χ1v) is 7.40. The van der Waals surface area contributed by atoms with Gasteiger partial charge in [0.2, 0.25) is 0 Å². The van der Waals surface area contributed by atoms with Crippen LogP contribution in [0.5, 0.6) is 5.75 Å². The molecule has 0 unspecified atom stereocenters. The predicted octanol–water partition coefficient (Wildman–Crippen LogP) is 3.20. The molecule has 0 saturated carbocycles. The summed E-state index contributed by atoms with van der Waals surface area (Å²) >= 11 is 5.99. The van der Waals surface area contributed by atoms with E-state index in [1.807, 2.05) is 32.0 Å². The topological polar surface area (TPSA) is 45.7 Å². The molecule has 1 rings (SSSR count). The zero-order chi connectivity index (χ0) is 15.0. The van der Waals surface area contributed by atoms with Crippen LogP contribution in [-0.4, -0.2) is 25.2 Å². The summed E-state index contributed by atoms with van der Waals surface area (Å²) < 4.78 is 5.60. The standard InChI is InChI=1S/C15H24ClN3O/c1-5-17-15(19-11(3)4)18-10-12-7-8-13(16)9-14(12)20-6-2/h7-9,11H,5-6,10H2,1-4H3,(H2,17,18,19). The maximum Gasteiger partial charge on any atom is 0.191 e. The Labute approximate surface area is 126 Å². The van der Waals surface area contributed by atoms with Gasteiger partial charge in [0.15, 0.2) is 5.96 Å². The lowest BCUT2D eigenvalue weighted by atomic mass is 10.2. The van der Waals surface area contributed by atoms with Crippen LogP contribution >= 0.6 is 11.6 Å². The Bertz CT molecular complexity index is 447. The average molecular weight is 298 g/mol. The lowest BCUT2D eigenvalue weighted by Gasteiger charge is -2.14. The molecular weight excluding hydrogens is 274 g/mol. The van der Waals surface area contributed by atoms with E-state index in [0.29, 0.717) is 24.2 Å². The van der Waals surface area contributed by atoms with Crippen molar-refractivity contribution in [2.45, 2.75) is 40.3 Å². The Balaban J connectivity index is 2.84. The molecule has 1 aromatic rings. The molecule has 5 heteroatoms. The Morgan fingerprint density at radius 3 is 2.70 bits per heavy atom. The van der Waals surface area contributed by atoms with Gasteiger partial charge in [0.25, 0.3) is 0 Å². The van der Waals surface area contributed by atoms with Gasteiger partial charge < -0.3 is 15.4 Å². The van der Waals surface area contributed by atoms with Gasteiger partial charge in [0.05, 0.1) is 13.2 Å². The Hall–Kier alpha value is -1.42. The lowest BCUT2D eigenvalue weighted by molar-refractivity contribution is 0.336. The van der Waals surface area contributed by atoms with Crippen LogP contribution in [0.15, 0.2) is 23.2 Å². The van der Waals surface area contributed by atoms with E-state index in [4.69, 9.17) is 16.3 Å². The molecule has 0 aliphatic heterocycles. The molecule has 112 valence electrons. The summed E-state index contributed by atoms with van der Waals surface area (Å²) in [7, 11) is 0. The minimum atomic E-state index is 0.337. The maximum atomic E-state index is 5.99. The fourth-order valence-electron chi connectivity index (χ4n) is 1.71. The van der Waals surface area contributed by atoms with Crippen LogP contribution in [0.2, 0.25) is 5.02 Å². The summed E-state index contributed by atoms with van der Waals surface area (Å²) in [6.07, 6.45) is 0. The number of aliphatic imine (C=N–C) groups is 1. The highest BCUT2D eigenvalue weighted by atomic mass is 35.5. The first-order valence-electron chi connectivity index (χ1n) is 7.02. The molecule has 0 aliphatic rings. The molecule has 1 aromatic carbocycles. The molecule has 0 aliphatic carbocycles. The number of hydrogen-bond acceptors (Lipinski definition) is 2. The lowest BCUT2D eigenvalue weighted by Crippen LogP contribution is -2.41. The largest absolute Gasteiger partial charge is 0.493 e. The number of guanidine groups is 1. The summed E-state index contributed by atoms with van der Waals surface area (Å²) in [5.41, 5.74) is 1.03. The van der Waals surface area contributed by atoms with Crippen LogP contribution in [0.4, 0.5) is 0 Å². The van der Waals surface area contributed by atoms with E-state index in [-0.39, 0.29) is 0 Å². The van der Waals surface area contributed by atoms with E-state index in [2.05, 4.69) is 29.5 Å². The van der Waals surface area contributed by atoms with Crippen molar-refractivity contribution in [3.63, 3.8) is 0 Å². The van der Waals surface area contributed by atoms with E-state index in [1.54, 1.807) is 0 Å². The third-order valence-corrected chi connectivity index (χ3v) is 2.74. The SMILES string of the molecule is CCNC(=NCc1ccc(Cl)cc1OCC)NC(C)C. The number of rotatable bonds is 6. The third kappa shape index (κ3) is 5.70. The number of hydrogen-bond donors (Lipinski definition) is 2. The van der Waals surface area contributed by atoms with Gasteiger partial charge in [-0.25, -0.2) is 4.99 Å². The Morgan fingerprint density at radius 2 is 2.10 bits per heavy atom. The second kappa shape index (κ2) is 8.69. The van der Waals surface area contributed by atoms with Gasteiger partial charge in [-0.1, -0.05) is 17.7 Å². The Morgan fingerprint density at radius 1 is 1.35 bits per heavy atom. The molecule has 0 spiro atoms. The highest BCUT2D eigenvalue weighted by molar-refractivity contribution is 6.30. The van der Waals surface area contributed by atoms with Crippen molar-refractivity contribution in [3.8, 4) is 5.75 Å². The number of nitrogens with one attached hydrogen (secondary N) is 2. The smallest absolute Gasteiger partial charge is 0.191 e. The van der Waals surface area contributed by atoms with E-state index in [0.717, 1.165) is 23.8 Å². The van der Waals surface area contributed by atoms with Gasteiger partial charge in [-0.3, -0.25) is 0 Å². The van der Waals surface area contributed by atoms with Gasteiger partial charge in [-0.05, 0) is 39.8 Å². The quantitative estimate of drug-likeness (QED) is 0.626. The first-order chi connectivity index (χ1) is 9.56. The van der Waals surface area contributed by atoms with Crippen LogP contribution in [0, 0.1) is 0 Å². The molecule has 0 fully saturated rings. The summed E-state index contributed by atoms with van der Waals surface area (Å²) in [5, 5.41) is 7.18. The predicted molar refractivity (Wildman–Crippen MR) is 85.7 cm³/mol. The van der Waals surface area contributed by atoms with Gasteiger partial charge in [-0.15, -0.1) is 0 Å². The third-order valence-electron chi connectivity index (χ3n) is 2.51. The molecule has 0 amide bonds. The average Bonchev–Trinajstić information content (AvgIpc) is 2.37. The second-order valence-corrected chi connectivity index (χ2v) is 5.12. The van der Waals surface area contributed by atoms with Crippen molar-refractivity contribution < 1.29 is 4.74 Å². The molecule has 4 nitrogen and oxygen atoms in total. The minimum absolute atomic E-state index is 0.337. The van der Waals surface area contributed by atoms with Crippen LogP contribution in [0.25, 0.3) is 0 Å². The molecule has 0 aromatic heterocycles. The fourth-order valence-corrected chi connectivity index (χ4v) is 1.87. The number of nitrogens with zero attached hydrogens (tertiary/aromatic N) is 1. The van der Waals surface area contributed by atoms with Crippen molar-refractivity contribution in [2.75, 3.05) is 13.2 Å². The molecule has 0 atom stereocenters. The first kappa shape index (κ1) is 16.6. The van der Waals surface area contributed by atoms with E-state index < -0.39 is 0 Å². The number of benzene rings is 1. The molecular formula is C15H24ClN3O. The van der Waals surface area contributed by atoms with Crippen LogP contribution in [-0.2, 0) is 6.54 Å². The highest BCUT2D eigenvalue weighted by Crippen LogP contribution is 2.24. The summed E-state index contributed by atoms with van der Waals surface area (Å²) in [6, 6.07) is 5.98. The summed E-state index contributed by atoms with van der Waals surface area (Å²) in [4.78, 5) is 4.57. The van der Waals surface area contributed by atoms with Crippen molar-refractivity contribution >= 4 is 17.6 Å². The number of ether oxygens (including phenoxy) is 1. The van der Waals surface area contributed by atoms with Gasteiger partial charge in [0, 0.05) is 23.2 Å². The van der Waals surface area contributed by atoms with E-state index >= 15 is 0 Å². The Kier molecular flexibility index (Phi) is 7.23. The highest BCUT2D eigenvalue weighted by Gasteiger charge is 2.05. The zero-order valence-electron chi connectivity index (χ0n) is 12.7. The normalized spacial score (nSPS) is 11.6. The molecule has 0 heterocycles. The van der Waals surface area contributed by atoms with Crippen LogP contribution in [0.1, 0.15) is 33.3 Å². The molecule has 0 saturated heterocycles. The van der Waals surface area contributed by atoms with Crippen LogP contribution in [0.3, 0.4) is 0 Å². The van der Waals surface area contributed by atoms with Gasteiger partial charge in [0.1, 0.15) is 5.75 Å². The monoisotopic (exact) mass is 297 g/mol. The van der Waals surface area contributed by atoms with Crippen molar-refractivity contribution in [1.29, 1.82) is 0 Å². The second-order valence-electron chi connectivity index (χ2n) is 4.68. The van der Waals surface area contributed by atoms with Gasteiger partial charge >= 0.3 is 0 Å². The zero-order valence-corrected chi connectivity index (χ0v) is 13.4. The minimum Gasteiger partial charge on any atom is -0.493 e.